The maximum Gasteiger partial charge on any atom is 0.284 e. The summed E-state index contributed by atoms with van der Waals surface area (Å²) in [7, 11) is 0. The topological polar surface area (TPSA) is 41.5 Å². The van der Waals surface area contributed by atoms with Crippen molar-refractivity contribution < 1.29 is 4.79 Å². The average Bonchev–Trinajstić information content (AvgIpc) is 2.51. The molecule has 5 heteroatoms. The number of nitrogens with one attached hydrogen (secondary N) is 1. The summed E-state index contributed by atoms with van der Waals surface area (Å²) in [5, 5.41) is 3.24. The molecule has 0 unspecified atom stereocenters. The van der Waals surface area contributed by atoms with Gasteiger partial charge in [0.2, 0.25) is 0 Å². The summed E-state index contributed by atoms with van der Waals surface area (Å²) in [5.41, 5.74) is 0.760. The van der Waals surface area contributed by atoms with E-state index in [4.69, 9.17) is 11.6 Å². The number of thioether (sulfide) groups is 1. The Morgan fingerprint density at radius 3 is 3.00 bits per heavy atom. The van der Waals surface area contributed by atoms with Crippen LogP contribution in [-0.2, 0) is 0 Å². The Morgan fingerprint density at radius 2 is 2.36 bits per heavy atom. The van der Waals surface area contributed by atoms with Crippen molar-refractivity contribution in [1.29, 1.82) is 0 Å². The lowest BCUT2D eigenvalue weighted by atomic mass is 10.3. The number of hydrogen-bond donors (Lipinski definition) is 1. The molecule has 3 nitrogen and oxygen atoms in total. The number of nitrogens with zero attached hydrogens (tertiary/aromatic N) is 1. The van der Waals surface area contributed by atoms with Gasteiger partial charge in [-0.05, 0) is 18.2 Å². The standard InChI is InChI=1S/C9H7ClN2OS/c10-6-2-1-3-7(4-6)11-8-5-14-9(13)12-8/h1-4H,5H2,(H,11,12,13). The SMILES string of the molecule is O=C1NC(=Nc2cccc(Cl)c2)CS1. The van der Waals surface area contributed by atoms with E-state index in [1.807, 2.05) is 12.1 Å². The van der Waals surface area contributed by atoms with E-state index in [2.05, 4.69) is 10.3 Å². The van der Waals surface area contributed by atoms with Crippen LogP contribution in [0.25, 0.3) is 0 Å². The normalized spacial score (nSPS) is 18.6. The lowest BCUT2D eigenvalue weighted by molar-refractivity contribution is 0.265. The van der Waals surface area contributed by atoms with E-state index < -0.39 is 0 Å². The summed E-state index contributed by atoms with van der Waals surface area (Å²) in [4.78, 5) is 15.1. The van der Waals surface area contributed by atoms with Crippen LogP contribution in [0, 0.1) is 0 Å². The highest BCUT2D eigenvalue weighted by molar-refractivity contribution is 8.14. The van der Waals surface area contributed by atoms with E-state index >= 15 is 0 Å². The molecule has 0 bridgehead atoms. The van der Waals surface area contributed by atoms with Gasteiger partial charge in [-0.15, -0.1) is 0 Å². The minimum atomic E-state index is -0.0502. The summed E-state index contributed by atoms with van der Waals surface area (Å²) in [6.07, 6.45) is 0. The second kappa shape index (κ2) is 4.02. The highest BCUT2D eigenvalue weighted by Gasteiger charge is 2.16. The average molecular weight is 227 g/mol. The molecule has 1 fully saturated rings. The summed E-state index contributed by atoms with van der Waals surface area (Å²) in [6, 6.07) is 7.20. The molecule has 0 aliphatic carbocycles. The summed E-state index contributed by atoms with van der Waals surface area (Å²) in [6.45, 7) is 0. The number of halogens is 1. The van der Waals surface area contributed by atoms with Gasteiger partial charge in [-0.25, -0.2) is 4.99 Å². The van der Waals surface area contributed by atoms with E-state index in [1.54, 1.807) is 12.1 Å². The fourth-order valence-electron chi connectivity index (χ4n) is 1.09. The third-order valence-electron chi connectivity index (χ3n) is 1.66. The van der Waals surface area contributed by atoms with Crippen LogP contribution in [0.2, 0.25) is 5.02 Å². The van der Waals surface area contributed by atoms with Gasteiger partial charge in [0.05, 0.1) is 11.4 Å². The van der Waals surface area contributed by atoms with Crippen molar-refractivity contribution in [2.24, 2.45) is 4.99 Å². The minimum Gasteiger partial charge on any atom is -0.304 e. The number of rotatable bonds is 1. The Kier molecular flexibility index (Phi) is 2.74. The number of hydrogen-bond acceptors (Lipinski definition) is 3. The van der Waals surface area contributed by atoms with Crippen LogP contribution >= 0.6 is 23.4 Å². The highest BCUT2D eigenvalue weighted by atomic mass is 35.5. The first-order chi connectivity index (χ1) is 6.74. The number of aliphatic imine (C=N–C) groups is 1. The van der Waals surface area contributed by atoms with Crippen molar-refractivity contribution >= 4 is 40.1 Å². The van der Waals surface area contributed by atoms with E-state index in [0.717, 1.165) is 5.69 Å². The Labute approximate surface area is 90.6 Å². The molecule has 1 saturated heterocycles. The van der Waals surface area contributed by atoms with Crippen LogP contribution in [0.4, 0.5) is 10.5 Å². The van der Waals surface area contributed by atoms with E-state index in [1.165, 1.54) is 11.8 Å². The number of carbonyl (C=O) groups excluding carboxylic acids is 1. The molecule has 1 N–H and O–H groups in total. The molecule has 72 valence electrons. The molecule has 1 heterocycles. The molecule has 0 saturated carbocycles. The largest absolute Gasteiger partial charge is 0.304 e. The Morgan fingerprint density at radius 1 is 1.50 bits per heavy atom. The number of benzene rings is 1. The molecule has 0 atom stereocenters. The monoisotopic (exact) mass is 226 g/mol. The molecule has 1 aromatic carbocycles. The molecule has 0 spiro atoms. The first kappa shape index (κ1) is 9.55. The second-order valence-corrected chi connectivity index (χ2v) is 4.12. The van der Waals surface area contributed by atoms with Crippen molar-refractivity contribution in [2.75, 3.05) is 5.75 Å². The van der Waals surface area contributed by atoms with Crippen LogP contribution in [-0.4, -0.2) is 16.8 Å². The summed E-state index contributed by atoms with van der Waals surface area (Å²) in [5.74, 6) is 1.29. The lowest BCUT2D eigenvalue weighted by Gasteiger charge is -1.96. The van der Waals surface area contributed by atoms with Gasteiger partial charge >= 0.3 is 0 Å². The molecule has 2 rings (SSSR count). The van der Waals surface area contributed by atoms with Crippen molar-refractivity contribution in [2.45, 2.75) is 0 Å². The Hall–Kier alpha value is -1.000. The highest BCUT2D eigenvalue weighted by Crippen LogP contribution is 2.19. The van der Waals surface area contributed by atoms with Gasteiger partial charge < -0.3 is 5.32 Å². The minimum absolute atomic E-state index is 0.0502. The zero-order valence-corrected chi connectivity index (χ0v) is 8.73. The smallest absolute Gasteiger partial charge is 0.284 e. The van der Waals surface area contributed by atoms with Gasteiger partial charge in [-0.3, -0.25) is 4.79 Å². The lowest BCUT2D eigenvalue weighted by Crippen LogP contribution is -2.18. The maximum absolute atomic E-state index is 10.9. The van der Waals surface area contributed by atoms with E-state index in [9.17, 15) is 4.79 Å². The molecule has 1 aliphatic rings. The van der Waals surface area contributed by atoms with E-state index in [-0.39, 0.29) is 5.24 Å². The van der Waals surface area contributed by atoms with Gasteiger partial charge in [-0.2, -0.15) is 0 Å². The molecular weight excluding hydrogens is 220 g/mol. The van der Waals surface area contributed by atoms with Crippen LogP contribution in [0.1, 0.15) is 0 Å². The van der Waals surface area contributed by atoms with Crippen molar-refractivity contribution in [3.63, 3.8) is 0 Å². The van der Waals surface area contributed by atoms with Crippen LogP contribution in [0.5, 0.6) is 0 Å². The number of carbonyl (C=O) groups is 1. The van der Waals surface area contributed by atoms with Crippen LogP contribution < -0.4 is 5.32 Å². The first-order valence-corrected chi connectivity index (χ1v) is 5.37. The van der Waals surface area contributed by atoms with Gasteiger partial charge in [-0.1, -0.05) is 29.4 Å². The van der Waals surface area contributed by atoms with Crippen LogP contribution in [0.3, 0.4) is 0 Å². The molecular formula is C9H7ClN2OS. The van der Waals surface area contributed by atoms with Crippen molar-refractivity contribution in [1.82, 2.24) is 5.32 Å². The van der Waals surface area contributed by atoms with Gasteiger partial charge in [0, 0.05) is 5.02 Å². The molecule has 1 aromatic rings. The fourth-order valence-corrected chi connectivity index (χ4v) is 1.86. The Balaban J connectivity index is 2.21. The predicted molar refractivity (Wildman–Crippen MR) is 59.5 cm³/mol. The fraction of sp³-hybridized carbons (Fsp3) is 0.111. The quantitative estimate of drug-likeness (QED) is 0.800. The number of amidine groups is 1. The zero-order valence-electron chi connectivity index (χ0n) is 7.16. The summed E-state index contributed by atoms with van der Waals surface area (Å²) >= 11 is 7.01. The first-order valence-electron chi connectivity index (χ1n) is 4.01. The second-order valence-electron chi connectivity index (χ2n) is 2.74. The Bertz CT molecular complexity index is 406. The number of amides is 1. The van der Waals surface area contributed by atoms with Crippen molar-refractivity contribution in [3.05, 3.63) is 29.3 Å². The van der Waals surface area contributed by atoms with Gasteiger partial charge in [0.15, 0.2) is 0 Å². The van der Waals surface area contributed by atoms with Gasteiger partial charge in [0.1, 0.15) is 5.84 Å². The van der Waals surface area contributed by atoms with Crippen LogP contribution in [0.15, 0.2) is 29.3 Å². The van der Waals surface area contributed by atoms with Gasteiger partial charge in [0.25, 0.3) is 5.24 Å². The maximum atomic E-state index is 10.9. The summed E-state index contributed by atoms with van der Waals surface area (Å²) < 4.78 is 0. The molecule has 1 aliphatic heterocycles. The molecule has 1 amide bonds. The molecule has 0 radical (unpaired) electrons. The third kappa shape index (κ3) is 2.27. The zero-order chi connectivity index (χ0) is 9.97. The molecule has 0 aromatic heterocycles. The third-order valence-corrected chi connectivity index (χ3v) is 2.68. The predicted octanol–water partition coefficient (Wildman–Crippen LogP) is 2.83. The van der Waals surface area contributed by atoms with Crippen molar-refractivity contribution in [3.8, 4) is 0 Å². The van der Waals surface area contributed by atoms with E-state index in [0.29, 0.717) is 16.6 Å². The molecule has 14 heavy (non-hydrogen) atoms.